The molecule has 4 fully saturated rings. The predicted molar refractivity (Wildman–Crippen MR) is 128 cm³/mol. The Morgan fingerprint density at radius 1 is 1.18 bits per heavy atom. The van der Waals surface area contributed by atoms with Crippen LogP contribution in [0.15, 0.2) is 12.3 Å². The van der Waals surface area contributed by atoms with Crippen LogP contribution in [-0.4, -0.2) is 47.0 Å². The highest BCUT2D eigenvalue weighted by molar-refractivity contribution is 5.96. The van der Waals surface area contributed by atoms with Crippen LogP contribution in [0, 0.1) is 29.6 Å². The number of amides is 3. The molecular weight excluding hydrogens is 418 g/mol. The molecule has 0 unspecified atom stereocenters. The molecule has 8 nitrogen and oxygen atoms in total. The first kappa shape index (κ1) is 23.6. The molecule has 8 heteroatoms. The molecule has 0 spiro atoms. The highest BCUT2D eigenvalue weighted by Gasteiger charge is 2.48. The Kier molecular flexibility index (Phi) is 6.73. The van der Waals surface area contributed by atoms with Crippen LogP contribution in [-0.2, 0) is 0 Å². The molecule has 33 heavy (non-hydrogen) atoms. The van der Waals surface area contributed by atoms with E-state index in [1.54, 1.807) is 24.1 Å². The first-order chi connectivity index (χ1) is 15.6. The van der Waals surface area contributed by atoms with Crippen molar-refractivity contribution < 1.29 is 14.3 Å². The van der Waals surface area contributed by atoms with Crippen LogP contribution in [0.3, 0.4) is 0 Å². The number of hydrogen-bond donors (Lipinski definition) is 3. The Morgan fingerprint density at radius 2 is 1.82 bits per heavy atom. The molecule has 0 aliphatic heterocycles. The maximum absolute atomic E-state index is 13.4. The lowest BCUT2D eigenvalue weighted by Gasteiger charge is -2.54. The molecule has 0 atom stereocenters. The van der Waals surface area contributed by atoms with Crippen molar-refractivity contribution in [2.75, 3.05) is 13.7 Å². The van der Waals surface area contributed by atoms with E-state index in [4.69, 9.17) is 4.74 Å². The van der Waals surface area contributed by atoms with Gasteiger partial charge in [0.1, 0.15) is 5.56 Å². The summed E-state index contributed by atoms with van der Waals surface area (Å²) in [7, 11) is 1.58. The summed E-state index contributed by atoms with van der Waals surface area (Å²) in [6.45, 7) is 8.40. The van der Waals surface area contributed by atoms with E-state index < -0.39 is 5.54 Å². The quantitative estimate of drug-likeness (QED) is 0.555. The van der Waals surface area contributed by atoms with Crippen molar-refractivity contribution in [1.82, 2.24) is 25.7 Å². The van der Waals surface area contributed by atoms with Gasteiger partial charge in [0, 0.05) is 19.3 Å². The summed E-state index contributed by atoms with van der Waals surface area (Å²) in [6, 6.07) is -0.00467. The molecule has 0 radical (unpaired) electrons. The molecule has 3 N–H and O–H groups in total. The normalized spacial score (nSPS) is 28.4. The van der Waals surface area contributed by atoms with Crippen molar-refractivity contribution >= 4 is 18.1 Å². The summed E-state index contributed by atoms with van der Waals surface area (Å²) in [5.74, 6) is 3.60. The summed E-state index contributed by atoms with van der Waals surface area (Å²) in [5, 5.41) is 13.2. The zero-order valence-electron chi connectivity index (χ0n) is 20.6. The standard InChI is InChI=1S/C25H39N5O3/c1-15(2)14-33-23-20(13-27-30(23)7-6-25(3,4)29-24(32)26-5)22(31)28-21-18-9-16-8-17(11-18)12-19(21)10-16/h6-7,13,15-19,21H,8-12,14H2,1-5H3,(H,28,31)(H2,26,29,32)/b7-6+. The summed E-state index contributed by atoms with van der Waals surface area (Å²) in [6.07, 6.45) is 11.6. The van der Waals surface area contributed by atoms with Gasteiger partial charge in [-0.15, -0.1) is 0 Å². The van der Waals surface area contributed by atoms with Crippen LogP contribution in [0.5, 0.6) is 5.88 Å². The van der Waals surface area contributed by atoms with E-state index in [9.17, 15) is 9.59 Å². The Hall–Kier alpha value is -2.51. The minimum Gasteiger partial charge on any atom is -0.477 e. The van der Waals surface area contributed by atoms with Crippen LogP contribution < -0.4 is 20.7 Å². The van der Waals surface area contributed by atoms with E-state index in [1.807, 2.05) is 19.9 Å². The Bertz CT molecular complexity index is 876. The molecule has 4 bridgehead atoms. The lowest BCUT2D eigenvalue weighted by molar-refractivity contribution is -0.0120. The fourth-order valence-corrected chi connectivity index (χ4v) is 6.05. The molecular formula is C25H39N5O3. The monoisotopic (exact) mass is 457 g/mol. The van der Waals surface area contributed by atoms with Crippen molar-refractivity contribution in [2.24, 2.45) is 29.6 Å². The van der Waals surface area contributed by atoms with Gasteiger partial charge in [-0.2, -0.15) is 5.10 Å². The van der Waals surface area contributed by atoms with Gasteiger partial charge in [0.2, 0.25) is 5.88 Å². The number of aromatic nitrogens is 2. The largest absolute Gasteiger partial charge is 0.477 e. The molecule has 0 aromatic carbocycles. The molecule has 4 saturated carbocycles. The Labute approximate surface area is 196 Å². The number of nitrogens with one attached hydrogen (secondary N) is 3. The second kappa shape index (κ2) is 9.39. The SMILES string of the molecule is CNC(=O)NC(C)(C)/C=C/n1ncc(C(=O)NC2C3CC4CC(C3)CC2C4)c1OCC(C)C. The molecule has 1 aromatic heterocycles. The Balaban J connectivity index is 1.51. The molecule has 4 aliphatic carbocycles. The summed E-state index contributed by atoms with van der Waals surface area (Å²) >= 11 is 0. The van der Waals surface area contributed by atoms with E-state index in [2.05, 4.69) is 34.9 Å². The number of nitrogens with zero attached hydrogens (tertiary/aromatic N) is 2. The molecule has 1 aromatic rings. The first-order valence-corrected chi connectivity index (χ1v) is 12.4. The highest BCUT2D eigenvalue weighted by atomic mass is 16.5. The van der Waals surface area contributed by atoms with Crippen molar-refractivity contribution in [3.8, 4) is 5.88 Å². The van der Waals surface area contributed by atoms with Gasteiger partial charge >= 0.3 is 6.03 Å². The van der Waals surface area contributed by atoms with Gasteiger partial charge in [0.25, 0.3) is 5.91 Å². The second-order valence-electron chi connectivity index (χ2n) is 11.2. The zero-order chi connectivity index (χ0) is 23.8. The van der Waals surface area contributed by atoms with Crippen molar-refractivity contribution in [1.29, 1.82) is 0 Å². The highest BCUT2D eigenvalue weighted by Crippen LogP contribution is 2.53. The lowest BCUT2D eigenvalue weighted by Crippen LogP contribution is -2.55. The smallest absolute Gasteiger partial charge is 0.315 e. The van der Waals surface area contributed by atoms with E-state index in [1.165, 1.54) is 32.1 Å². The van der Waals surface area contributed by atoms with Gasteiger partial charge in [-0.25, -0.2) is 9.48 Å². The lowest BCUT2D eigenvalue weighted by atomic mass is 9.54. The molecule has 4 aliphatic rings. The third kappa shape index (κ3) is 5.36. The molecule has 0 saturated heterocycles. The van der Waals surface area contributed by atoms with Gasteiger partial charge in [0.15, 0.2) is 0 Å². The van der Waals surface area contributed by atoms with Crippen LogP contribution >= 0.6 is 0 Å². The molecule has 5 rings (SSSR count). The fraction of sp³-hybridized carbons (Fsp3) is 0.720. The predicted octanol–water partition coefficient (Wildman–Crippen LogP) is 3.65. The van der Waals surface area contributed by atoms with E-state index in [0.29, 0.717) is 35.8 Å². The number of ether oxygens (including phenoxy) is 1. The average Bonchev–Trinajstić information content (AvgIpc) is 3.15. The average molecular weight is 458 g/mol. The van der Waals surface area contributed by atoms with Crippen molar-refractivity contribution in [3.63, 3.8) is 0 Å². The van der Waals surface area contributed by atoms with Crippen LogP contribution in [0.4, 0.5) is 4.79 Å². The maximum atomic E-state index is 13.4. The fourth-order valence-electron chi connectivity index (χ4n) is 6.05. The number of hydrogen-bond acceptors (Lipinski definition) is 4. The number of urea groups is 1. The molecule has 182 valence electrons. The van der Waals surface area contributed by atoms with Gasteiger partial charge in [-0.05, 0) is 81.6 Å². The number of carbonyl (C=O) groups is 2. The number of carbonyl (C=O) groups excluding carboxylic acids is 2. The summed E-state index contributed by atoms with van der Waals surface area (Å²) < 4.78 is 7.64. The topological polar surface area (TPSA) is 97.3 Å². The van der Waals surface area contributed by atoms with Gasteiger partial charge < -0.3 is 20.7 Å². The minimum atomic E-state index is -0.607. The van der Waals surface area contributed by atoms with Crippen molar-refractivity contribution in [2.45, 2.75) is 71.4 Å². The molecule has 3 amide bonds. The van der Waals surface area contributed by atoms with Gasteiger partial charge in [0.05, 0.1) is 18.3 Å². The zero-order valence-corrected chi connectivity index (χ0v) is 20.6. The molecule has 1 heterocycles. The van der Waals surface area contributed by atoms with Crippen LogP contribution in [0.2, 0.25) is 0 Å². The van der Waals surface area contributed by atoms with Gasteiger partial charge in [-0.3, -0.25) is 4.79 Å². The van der Waals surface area contributed by atoms with E-state index in [0.717, 1.165) is 11.8 Å². The maximum Gasteiger partial charge on any atom is 0.315 e. The first-order valence-electron chi connectivity index (χ1n) is 12.4. The third-order valence-electron chi connectivity index (χ3n) is 7.37. The van der Waals surface area contributed by atoms with Crippen LogP contribution in [0.25, 0.3) is 6.20 Å². The Morgan fingerprint density at radius 3 is 2.39 bits per heavy atom. The third-order valence-corrected chi connectivity index (χ3v) is 7.37. The second-order valence-corrected chi connectivity index (χ2v) is 11.2. The number of rotatable bonds is 8. The van der Waals surface area contributed by atoms with Gasteiger partial charge in [-0.1, -0.05) is 13.8 Å². The van der Waals surface area contributed by atoms with E-state index in [-0.39, 0.29) is 18.0 Å². The van der Waals surface area contributed by atoms with E-state index >= 15 is 0 Å². The minimum absolute atomic E-state index is 0.103. The van der Waals surface area contributed by atoms with Crippen molar-refractivity contribution in [3.05, 3.63) is 17.8 Å². The summed E-state index contributed by atoms with van der Waals surface area (Å²) in [4.78, 5) is 25.1. The van der Waals surface area contributed by atoms with Crippen LogP contribution in [0.1, 0.15) is 70.2 Å². The summed E-state index contributed by atoms with van der Waals surface area (Å²) in [5.41, 5.74) is -0.143.